The van der Waals surface area contributed by atoms with Crippen LogP contribution in [0.1, 0.15) is 56.6 Å². The van der Waals surface area contributed by atoms with Gasteiger partial charge in [-0.25, -0.2) is 9.18 Å². The van der Waals surface area contributed by atoms with E-state index in [4.69, 9.17) is 25.8 Å². The molecule has 1 aromatic rings. The quantitative estimate of drug-likeness (QED) is 0.704. The van der Waals surface area contributed by atoms with Crippen LogP contribution in [0.4, 0.5) is 9.18 Å². The number of hydrogen-bond donors (Lipinski definition) is 1. The average Bonchev–Trinajstić information content (AvgIpc) is 2.48. The number of halogens is 2. The highest BCUT2D eigenvalue weighted by Crippen LogP contribution is 2.37. The van der Waals surface area contributed by atoms with Crippen molar-refractivity contribution >= 4 is 23.5 Å². The van der Waals surface area contributed by atoms with Crippen LogP contribution in [0.2, 0.25) is 5.02 Å². The number of carbonyl (C=O) groups is 2. The molecule has 6 nitrogen and oxygen atoms in total. The monoisotopic (exact) mass is 389 g/mol. The Labute approximate surface area is 157 Å². The number of ether oxygens (including phenoxy) is 3. The summed E-state index contributed by atoms with van der Waals surface area (Å²) < 4.78 is 30.6. The van der Waals surface area contributed by atoms with Crippen LogP contribution in [0.25, 0.3) is 0 Å². The molecule has 1 unspecified atom stereocenters. The highest BCUT2D eigenvalue weighted by atomic mass is 35.5. The second-order valence-corrected chi connectivity index (χ2v) is 7.01. The first kappa shape index (κ1) is 22.2. The van der Waals surface area contributed by atoms with E-state index in [9.17, 15) is 14.0 Å². The summed E-state index contributed by atoms with van der Waals surface area (Å²) >= 11 is 5.95. The number of carbonyl (C=O) groups excluding carboxylic acids is 2. The van der Waals surface area contributed by atoms with Gasteiger partial charge in [-0.2, -0.15) is 0 Å². The largest absolute Gasteiger partial charge is 0.493 e. The number of amides is 1. The van der Waals surface area contributed by atoms with Gasteiger partial charge in [-0.3, -0.25) is 4.79 Å². The zero-order valence-corrected chi connectivity index (χ0v) is 16.6. The molecule has 0 spiro atoms. The molecule has 1 rings (SSSR count). The third-order valence-corrected chi connectivity index (χ3v) is 3.52. The smallest absolute Gasteiger partial charge is 0.408 e. The highest BCUT2D eigenvalue weighted by Gasteiger charge is 2.29. The molecule has 0 bridgehead atoms. The van der Waals surface area contributed by atoms with Gasteiger partial charge in [0, 0.05) is 7.11 Å². The van der Waals surface area contributed by atoms with Crippen molar-refractivity contribution in [3.8, 4) is 5.75 Å². The summed E-state index contributed by atoms with van der Waals surface area (Å²) in [4.78, 5) is 24.1. The Balaban J connectivity index is 3.44. The van der Waals surface area contributed by atoms with E-state index in [0.717, 1.165) is 0 Å². The summed E-state index contributed by atoms with van der Waals surface area (Å²) in [6.07, 6.45) is -0.759. The van der Waals surface area contributed by atoms with E-state index in [1.165, 1.54) is 20.1 Å². The van der Waals surface area contributed by atoms with Gasteiger partial charge in [0.15, 0.2) is 11.6 Å². The number of Topliss-reactive ketones (excluding diaryl/α,β-unsaturated/α-hetero) is 1. The molecule has 146 valence electrons. The molecule has 1 amide bonds. The van der Waals surface area contributed by atoms with E-state index in [-0.39, 0.29) is 40.9 Å². The number of methoxy groups -OCH3 is 1. The second-order valence-electron chi connectivity index (χ2n) is 6.61. The number of hydrogen-bond acceptors (Lipinski definition) is 5. The number of benzene rings is 1. The van der Waals surface area contributed by atoms with Crippen LogP contribution < -0.4 is 10.1 Å². The molecule has 0 aliphatic heterocycles. The molecule has 26 heavy (non-hydrogen) atoms. The van der Waals surface area contributed by atoms with Crippen LogP contribution in [-0.4, -0.2) is 37.8 Å². The number of ketones is 1. The fourth-order valence-electron chi connectivity index (χ4n) is 2.32. The van der Waals surface area contributed by atoms with Gasteiger partial charge in [0.25, 0.3) is 0 Å². The van der Waals surface area contributed by atoms with Crippen molar-refractivity contribution in [2.24, 2.45) is 0 Å². The Hall–Kier alpha value is -1.86. The predicted octanol–water partition coefficient (Wildman–Crippen LogP) is 4.29. The Kier molecular flexibility index (Phi) is 7.84. The van der Waals surface area contributed by atoms with Crippen LogP contribution in [0, 0.1) is 5.82 Å². The maximum atomic E-state index is 14.8. The molecule has 0 aromatic heterocycles. The minimum Gasteiger partial charge on any atom is -0.493 e. The maximum Gasteiger partial charge on any atom is 0.408 e. The zero-order chi connectivity index (χ0) is 20.1. The van der Waals surface area contributed by atoms with E-state index < -0.39 is 23.6 Å². The fourth-order valence-corrected chi connectivity index (χ4v) is 2.53. The number of rotatable bonds is 7. The van der Waals surface area contributed by atoms with Crippen molar-refractivity contribution in [2.75, 3.05) is 20.3 Å². The van der Waals surface area contributed by atoms with Crippen molar-refractivity contribution in [3.63, 3.8) is 0 Å². The Morgan fingerprint density at radius 2 is 1.96 bits per heavy atom. The normalized spacial score (nSPS) is 12.5. The lowest BCUT2D eigenvalue weighted by Crippen LogP contribution is -2.37. The molecule has 0 fully saturated rings. The third-order valence-electron chi connectivity index (χ3n) is 3.25. The van der Waals surface area contributed by atoms with Crippen molar-refractivity contribution in [2.45, 2.75) is 46.3 Å². The molecule has 8 heteroatoms. The molecule has 1 N–H and O–H groups in total. The first-order valence-corrected chi connectivity index (χ1v) is 8.53. The lowest BCUT2D eigenvalue weighted by atomic mass is 9.99. The molecule has 1 atom stereocenters. The van der Waals surface area contributed by atoms with Gasteiger partial charge in [-0.1, -0.05) is 11.6 Å². The van der Waals surface area contributed by atoms with Gasteiger partial charge in [0.2, 0.25) is 0 Å². The van der Waals surface area contributed by atoms with Crippen LogP contribution in [0.5, 0.6) is 5.75 Å². The van der Waals surface area contributed by atoms with E-state index >= 15 is 0 Å². The van der Waals surface area contributed by atoms with E-state index in [1.54, 1.807) is 27.7 Å². The second kappa shape index (κ2) is 9.19. The molecule has 0 radical (unpaired) electrons. The van der Waals surface area contributed by atoms with Crippen molar-refractivity contribution in [3.05, 3.63) is 28.0 Å². The fraction of sp³-hybridized carbons (Fsp3) is 0.556. The van der Waals surface area contributed by atoms with Gasteiger partial charge in [-0.15, -0.1) is 0 Å². The number of nitrogens with one attached hydrogen (secondary N) is 1. The summed E-state index contributed by atoms with van der Waals surface area (Å²) in [6, 6.07) is 0.249. The molecule has 0 saturated heterocycles. The zero-order valence-electron chi connectivity index (χ0n) is 15.9. The molecule has 0 saturated carbocycles. The summed E-state index contributed by atoms with van der Waals surface area (Å²) in [5, 5.41) is 2.30. The van der Waals surface area contributed by atoms with Crippen molar-refractivity contribution < 1.29 is 28.2 Å². The summed E-state index contributed by atoms with van der Waals surface area (Å²) in [6.45, 7) is 8.26. The SMILES string of the molecule is CCOc1c(C(C)=O)cc(Cl)c(F)c1C(COC)NC(=O)OC(C)(C)C. The highest BCUT2D eigenvalue weighted by molar-refractivity contribution is 6.31. The minimum absolute atomic E-state index is 0.0278. The summed E-state index contributed by atoms with van der Waals surface area (Å²) in [5.41, 5.74) is -0.667. The van der Waals surface area contributed by atoms with Crippen molar-refractivity contribution in [1.82, 2.24) is 5.32 Å². The van der Waals surface area contributed by atoms with Crippen LogP contribution in [0.3, 0.4) is 0 Å². The van der Waals surface area contributed by atoms with Gasteiger partial charge < -0.3 is 19.5 Å². The van der Waals surface area contributed by atoms with Crippen LogP contribution in [-0.2, 0) is 9.47 Å². The van der Waals surface area contributed by atoms with E-state index in [2.05, 4.69) is 5.32 Å². The Morgan fingerprint density at radius 1 is 1.35 bits per heavy atom. The molecule has 1 aromatic carbocycles. The molecule has 0 aliphatic carbocycles. The third kappa shape index (κ3) is 5.85. The molecule has 0 heterocycles. The van der Waals surface area contributed by atoms with Gasteiger partial charge in [0.1, 0.15) is 11.4 Å². The van der Waals surface area contributed by atoms with Gasteiger partial charge in [-0.05, 0) is 40.7 Å². The minimum atomic E-state index is -0.965. The first-order valence-electron chi connectivity index (χ1n) is 8.15. The van der Waals surface area contributed by atoms with Gasteiger partial charge >= 0.3 is 6.09 Å². The summed E-state index contributed by atoms with van der Waals surface area (Å²) in [5.74, 6) is -1.11. The number of alkyl carbamates (subject to hydrolysis) is 1. The lowest BCUT2D eigenvalue weighted by Gasteiger charge is -2.26. The maximum absolute atomic E-state index is 14.8. The van der Waals surface area contributed by atoms with Crippen LogP contribution >= 0.6 is 11.6 Å². The standard InChI is InChI=1S/C18H25ClFNO5/c1-7-25-16-11(10(2)22)8-12(19)15(20)14(16)13(9-24-6)21-17(23)26-18(3,4)5/h8,13H,7,9H2,1-6H3,(H,21,23). The Bertz CT molecular complexity index is 673. The summed E-state index contributed by atoms with van der Waals surface area (Å²) in [7, 11) is 1.40. The first-order chi connectivity index (χ1) is 12.0. The van der Waals surface area contributed by atoms with Crippen LogP contribution in [0.15, 0.2) is 6.07 Å². The molecular weight excluding hydrogens is 365 g/mol. The molecular formula is C18H25ClFNO5. The molecule has 0 aliphatic rings. The van der Waals surface area contributed by atoms with Gasteiger partial charge in [0.05, 0.1) is 35.4 Å². The lowest BCUT2D eigenvalue weighted by molar-refractivity contribution is 0.0465. The average molecular weight is 390 g/mol. The Morgan fingerprint density at radius 3 is 2.42 bits per heavy atom. The van der Waals surface area contributed by atoms with E-state index in [0.29, 0.717) is 0 Å². The van der Waals surface area contributed by atoms with Crippen molar-refractivity contribution in [1.29, 1.82) is 0 Å². The predicted molar refractivity (Wildman–Crippen MR) is 96.6 cm³/mol. The van der Waals surface area contributed by atoms with E-state index in [1.807, 2.05) is 0 Å². The topological polar surface area (TPSA) is 73.9 Å².